The molecular formula is C13H10ClN2O2-. The standard InChI is InChI=1S/C13H11ClN2O2/c1-9-11(7-8-12(17)18)13(14)16(15-9)10-5-3-2-4-6-10/h2-8H,1H3,(H,17,18)/p-1/b8-7+. The van der Waals surface area contributed by atoms with E-state index in [-0.39, 0.29) is 0 Å². The van der Waals surface area contributed by atoms with Gasteiger partial charge in [0.1, 0.15) is 5.15 Å². The van der Waals surface area contributed by atoms with Crippen LogP contribution in [0.1, 0.15) is 11.3 Å². The summed E-state index contributed by atoms with van der Waals surface area (Å²) in [5.74, 6) is -1.27. The van der Waals surface area contributed by atoms with Crippen LogP contribution in [0, 0.1) is 6.92 Å². The van der Waals surface area contributed by atoms with E-state index >= 15 is 0 Å². The highest BCUT2D eigenvalue weighted by Gasteiger charge is 2.11. The topological polar surface area (TPSA) is 58.0 Å². The molecular weight excluding hydrogens is 252 g/mol. The Hall–Kier alpha value is -2.07. The minimum absolute atomic E-state index is 0.371. The van der Waals surface area contributed by atoms with Crippen LogP contribution >= 0.6 is 11.6 Å². The van der Waals surface area contributed by atoms with Crippen molar-refractivity contribution in [2.24, 2.45) is 0 Å². The number of nitrogens with zero attached hydrogens (tertiary/aromatic N) is 2. The zero-order valence-corrected chi connectivity index (χ0v) is 10.4. The first-order valence-corrected chi connectivity index (χ1v) is 5.67. The van der Waals surface area contributed by atoms with Gasteiger partial charge in [-0.3, -0.25) is 0 Å². The van der Waals surface area contributed by atoms with E-state index < -0.39 is 5.97 Å². The zero-order chi connectivity index (χ0) is 13.1. The van der Waals surface area contributed by atoms with Gasteiger partial charge < -0.3 is 9.90 Å². The molecule has 0 N–H and O–H groups in total. The Bertz CT molecular complexity index is 603. The molecule has 2 rings (SSSR count). The molecule has 5 heteroatoms. The predicted molar refractivity (Wildman–Crippen MR) is 67.4 cm³/mol. The fourth-order valence-electron chi connectivity index (χ4n) is 1.59. The summed E-state index contributed by atoms with van der Waals surface area (Å²) in [4.78, 5) is 10.4. The Morgan fingerprint density at radius 1 is 1.39 bits per heavy atom. The number of aliphatic carboxylic acids is 1. The number of aryl methyl sites for hydroxylation is 1. The molecule has 1 heterocycles. The molecule has 4 nitrogen and oxygen atoms in total. The van der Waals surface area contributed by atoms with Gasteiger partial charge in [0.15, 0.2) is 0 Å². The smallest absolute Gasteiger partial charge is 0.140 e. The van der Waals surface area contributed by atoms with Crippen LogP contribution in [0.4, 0.5) is 0 Å². The fraction of sp³-hybridized carbons (Fsp3) is 0.0769. The lowest BCUT2D eigenvalue weighted by atomic mass is 10.2. The quantitative estimate of drug-likeness (QED) is 0.789. The molecule has 0 fully saturated rings. The Morgan fingerprint density at radius 2 is 2.06 bits per heavy atom. The molecule has 0 spiro atoms. The highest BCUT2D eigenvalue weighted by molar-refractivity contribution is 6.31. The summed E-state index contributed by atoms with van der Waals surface area (Å²) in [6, 6.07) is 9.37. The molecule has 1 aromatic heterocycles. The van der Waals surface area contributed by atoms with E-state index in [2.05, 4.69) is 5.10 Å². The first-order chi connectivity index (χ1) is 8.59. The highest BCUT2D eigenvalue weighted by atomic mass is 35.5. The second-order valence-corrected chi connectivity index (χ2v) is 4.05. The van der Waals surface area contributed by atoms with Gasteiger partial charge in [0.2, 0.25) is 0 Å². The number of rotatable bonds is 3. The fourth-order valence-corrected chi connectivity index (χ4v) is 1.93. The summed E-state index contributed by atoms with van der Waals surface area (Å²) in [5, 5.41) is 15.1. The molecule has 0 radical (unpaired) electrons. The van der Waals surface area contributed by atoms with E-state index in [1.165, 1.54) is 6.08 Å². The van der Waals surface area contributed by atoms with Crippen LogP contribution in [0.15, 0.2) is 36.4 Å². The maximum Gasteiger partial charge on any atom is 0.140 e. The van der Waals surface area contributed by atoms with Crippen LogP contribution in [-0.2, 0) is 4.79 Å². The molecule has 1 aromatic carbocycles. The third kappa shape index (κ3) is 2.43. The molecule has 0 atom stereocenters. The van der Waals surface area contributed by atoms with E-state index in [0.29, 0.717) is 16.4 Å². The van der Waals surface area contributed by atoms with Crippen molar-refractivity contribution >= 4 is 23.6 Å². The van der Waals surface area contributed by atoms with Gasteiger partial charge in [-0.05, 0) is 31.2 Å². The first kappa shape index (κ1) is 12.4. The zero-order valence-electron chi connectivity index (χ0n) is 9.63. The van der Waals surface area contributed by atoms with Gasteiger partial charge in [-0.25, -0.2) is 4.68 Å². The van der Waals surface area contributed by atoms with Crippen molar-refractivity contribution in [3.05, 3.63) is 52.8 Å². The van der Waals surface area contributed by atoms with Crippen LogP contribution in [-0.4, -0.2) is 15.7 Å². The Labute approximate surface area is 109 Å². The SMILES string of the molecule is Cc1nn(-c2ccccc2)c(Cl)c1/C=C/C(=O)[O-]. The maximum absolute atomic E-state index is 10.4. The van der Waals surface area contributed by atoms with E-state index in [9.17, 15) is 9.90 Å². The third-order valence-corrected chi connectivity index (χ3v) is 2.80. The van der Waals surface area contributed by atoms with Gasteiger partial charge in [0.05, 0.1) is 17.4 Å². The van der Waals surface area contributed by atoms with E-state index in [4.69, 9.17) is 11.6 Å². The second kappa shape index (κ2) is 5.06. The van der Waals surface area contributed by atoms with Crippen molar-refractivity contribution in [3.63, 3.8) is 0 Å². The number of carboxylic acids is 1. The van der Waals surface area contributed by atoms with Gasteiger partial charge in [-0.15, -0.1) is 0 Å². The summed E-state index contributed by atoms with van der Waals surface area (Å²) >= 11 is 6.18. The molecule has 92 valence electrons. The average Bonchev–Trinajstić information content (AvgIpc) is 2.63. The summed E-state index contributed by atoms with van der Waals surface area (Å²) in [6.45, 7) is 1.76. The summed E-state index contributed by atoms with van der Waals surface area (Å²) in [6.07, 6.45) is 2.32. The average molecular weight is 262 g/mol. The number of halogens is 1. The van der Waals surface area contributed by atoms with E-state index in [1.807, 2.05) is 30.3 Å². The largest absolute Gasteiger partial charge is 0.545 e. The summed E-state index contributed by atoms with van der Waals surface area (Å²) < 4.78 is 1.56. The molecule has 0 aliphatic rings. The molecule has 0 amide bonds. The number of para-hydroxylation sites is 1. The lowest BCUT2D eigenvalue weighted by Crippen LogP contribution is -2.18. The van der Waals surface area contributed by atoms with Gasteiger partial charge in [0.25, 0.3) is 0 Å². The summed E-state index contributed by atoms with van der Waals surface area (Å²) in [5.41, 5.74) is 2.05. The number of aromatic nitrogens is 2. The monoisotopic (exact) mass is 261 g/mol. The molecule has 0 saturated heterocycles. The lowest BCUT2D eigenvalue weighted by molar-refractivity contribution is -0.297. The van der Waals surface area contributed by atoms with Gasteiger partial charge in [-0.2, -0.15) is 5.10 Å². The van der Waals surface area contributed by atoms with Gasteiger partial charge >= 0.3 is 0 Å². The second-order valence-electron chi connectivity index (χ2n) is 3.69. The van der Waals surface area contributed by atoms with Crippen molar-refractivity contribution in [1.82, 2.24) is 9.78 Å². The molecule has 0 saturated carbocycles. The highest BCUT2D eigenvalue weighted by Crippen LogP contribution is 2.24. The number of carbonyl (C=O) groups is 1. The predicted octanol–water partition coefficient (Wildman–Crippen LogP) is 1.60. The minimum atomic E-state index is -1.27. The van der Waals surface area contributed by atoms with Crippen LogP contribution in [0.2, 0.25) is 5.15 Å². The van der Waals surface area contributed by atoms with Crippen LogP contribution in [0.5, 0.6) is 0 Å². The molecule has 18 heavy (non-hydrogen) atoms. The number of hydrogen-bond acceptors (Lipinski definition) is 3. The van der Waals surface area contributed by atoms with Crippen molar-refractivity contribution < 1.29 is 9.90 Å². The van der Waals surface area contributed by atoms with E-state index in [0.717, 1.165) is 11.8 Å². The van der Waals surface area contributed by atoms with Crippen LogP contribution < -0.4 is 5.11 Å². The van der Waals surface area contributed by atoms with Crippen molar-refractivity contribution in [2.75, 3.05) is 0 Å². The Kier molecular flexibility index (Phi) is 3.48. The van der Waals surface area contributed by atoms with Crippen LogP contribution in [0.25, 0.3) is 11.8 Å². The number of carboxylic acid groups (broad SMARTS) is 1. The number of carbonyl (C=O) groups excluding carboxylic acids is 1. The molecule has 0 aliphatic heterocycles. The van der Waals surface area contributed by atoms with E-state index in [1.54, 1.807) is 11.6 Å². The van der Waals surface area contributed by atoms with Gasteiger partial charge in [-0.1, -0.05) is 29.8 Å². The van der Waals surface area contributed by atoms with Crippen molar-refractivity contribution in [2.45, 2.75) is 6.92 Å². The van der Waals surface area contributed by atoms with Crippen LogP contribution in [0.3, 0.4) is 0 Å². The molecule has 0 unspecified atom stereocenters. The minimum Gasteiger partial charge on any atom is -0.545 e. The van der Waals surface area contributed by atoms with Crippen molar-refractivity contribution in [1.29, 1.82) is 0 Å². The third-order valence-electron chi connectivity index (χ3n) is 2.43. The van der Waals surface area contributed by atoms with Gasteiger partial charge in [0, 0.05) is 5.56 Å². The maximum atomic E-state index is 10.4. The lowest BCUT2D eigenvalue weighted by Gasteiger charge is -2.01. The number of benzene rings is 1. The van der Waals surface area contributed by atoms with Crippen molar-refractivity contribution in [3.8, 4) is 5.69 Å². The molecule has 0 bridgehead atoms. The Morgan fingerprint density at radius 3 is 2.67 bits per heavy atom. The number of hydrogen-bond donors (Lipinski definition) is 0. The summed E-state index contributed by atoms with van der Waals surface area (Å²) in [7, 11) is 0. The molecule has 0 aliphatic carbocycles. The normalized spacial score (nSPS) is 11.0. The molecule has 2 aromatic rings. The first-order valence-electron chi connectivity index (χ1n) is 5.29. The Balaban J connectivity index is 2.47.